The van der Waals surface area contributed by atoms with Crippen molar-refractivity contribution < 1.29 is 19.1 Å². The van der Waals surface area contributed by atoms with Gasteiger partial charge in [0.25, 0.3) is 0 Å². The molecule has 0 heterocycles. The van der Waals surface area contributed by atoms with Crippen molar-refractivity contribution in [3.63, 3.8) is 0 Å². The number of ketones is 1. The van der Waals surface area contributed by atoms with Crippen LogP contribution < -0.4 is 5.32 Å². The Labute approximate surface area is 169 Å². The van der Waals surface area contributed by atoms with Gasteiger partial charge in [0.05, 0.1) is 5.56 Å². The summed E-state index contributed by atoms with van der Waals surface area (Å²) in [5.74, 6) is -0.964. The molecular weight excluding hydrogens is 366 g/mol. The maximum atomic E-state index is 12.2. The van der Waals surface area contributed by atoms with Gasteiger partial charge in [-0.1, -0.05) is 49.4 Å². The maximum Gasteiger partial charge on any atom is 0.338 e. The molecule has 0 saturated carbocycles. The van der Waals surface area contributed by atoms with Gasteiger partial charge in [0, 0.05) is 17.7 Å². The third-order valence-electron chi connectivity index (χ3n) is 4.37. The Kier molecular flexibility index (Phi) is 6.53. The molecule has 0 aliphatic rings. The Morgan fingerprint density at radius 3 is 1.97 bits per heavy atom. The molecule has 5 nitrogen and oxygen atoms in total. The van der Waals surface area contributed by atoms with Crippen molar-refractivity contribution in [3.8, 4) is 11.1 Å². The lowest BCUT2D eigenvalue weighted by atomic mass is 10.0. The van der Waals surface area contributed by atoms with Crippen molar-refractivity contribution in [3.05, 3.63) is 90.0 Å². The first-order chi connectivity index (χ1) is 14.1. The number of carbonyl (C=O) groups excluding carboxylic acids is 3. The van der Waals surface area contributed by atoms with Gasteiger partial charge in [0.2, 0.25) is 5.91 Å². The van der Waals surface area contributed by atoms with E-state index in [-0.39, 0.29) is 18.3 Å². The zero-order valence-corrected chi connectivity index (χ0v) is 16.1. The molecule has 3 aromatic carbocycles. The topological polar surface area (TPSA) is 72.5 Å². The molecule has 0 aromatic heterocycles. The molecule has 0 saturated heterocycles. The van der Waals surface area contributed by atoms with Crippen LogP contribution in [0.3, 0.4) is 0 Å². The Balaban J connectivity index is 1.56. The number of hydrogen-bond acceptors (Lipinski definition) is 4. The van der Waals surface area contributed by atoms with Crippen LogP contribution >= 0.6 is 0 Å². The zero-order chi connectivity index (χ0) is 20.6. The SMILES string of the molecule is CCC(=O)Nc1ccc(C(=O)COC(=O)c2ccc(-c3ccccc3)cc2)cc1. The molecule has 146 valence electrons. The van der Waals surface area contributed by atoms with Gasteiger partial charge in [0.1, 0.15) is 0 Å². The minimum Gasteiger partial charge on any atom is -0.454 e. The van der Waals surface area contributed by atoms with Crippen LogP contribution in [0.5, 0.6) is 0 Å². The summed E-state index contributed by atoms with van der Waals surface area (Å²) in [6.45, 7) is 1.41. The van der Waals surface area contributed by atoms with Crippen LogP contribution in [0.2, 0.25) is 0 Å². The van der Waals surface area contributed by atoms with E-state index in [9.17, 15) is 14.4 Å². The van der Waals surface area contributed by atoms with Crippen LogP contribution in [0.1, 0.15) is 34.1 Å². The molecule has 0 fully saturated rings. The van der Waals surface area contributed by atoms with Crippen molar-refractivity contribution in [2.75, 3.05) is 11.9 Å². The number of Topliss-reactive ketones (excluding diaryl/α,β-unsaturated/α-hetero) is 1. The highest BCUT2D eigenvalue weighted by Gasteiger charge is 2.12. The highest BCUT2D eigenvalue weighted by atomic mass is 16.5. The van der Waals surface area contributed by atoms with Gasteiger partial charge in [0.15, 0.2) is 12.4 Å². The largest absolute Gasteiger partial charge is 0.454 e. The summed E-state index contributed by atoms with van der Waals surface area (Å²) in [5, 5.41) is 2.71. The number of benzene rings is 3. The number of esters is 1. The third kappa shape index (κ3) is 5.39. The van der Waals surface area contributed by atoms with E-state index in [2.05, 4.69) is 5.32 Å². The van der Waals surface area contributed by atoms with E-state index >= 15 is 0 Å². The highest BCUT2D eigenvalue weighted by Crippen LogP contribution is 2.19. The lowest BCUT2D eigenvalue weighted by Crippen LogP contribution is -2.14. The Morgan fingerprint density at radius 1 is 0.759 bits per heavy atom. The third-order valence-corrected chi connectivity index (χ3v) is 4.37. The fourth-order valence-corrected chi connectivity index (χ4v) is 2.72. The van der Waals surface area contributed by atoms with Crippen LogP contribution in [0.25, 0.3) is 11.1 Å². The Morgan fingerprint density at radius 2 is 1.34 bits per heavy atom. The number of hydrogen-bond donors (Lipinski definition) is 1. The second-order valence-electron chi connectivity index (χ2n) is 6.42. The number of nitrogens with one attached hydrogen (secondary N) is 1. The van der Waals surface area contributed by atoms with E-state index in [0.717, 1.165) is 11.1 Å². The number of ether oxygens (including phenoxy) is 1. The minimum atomic E-state index is -0.551. The molecule has 1 N–H and O–H groups in total. The van der Waals surface area contributed by atoms with Crippen molar-refractivity contribution >= 4 is 23.3 Å². The highest BCUT2D eigenvalue weighted by molar-refractivity contribution is 6.00. The lowest BCUT2D eigenvalue weighted by molar-refractivity contribution is -0.115. The quantitative estimate of drug-likeness (QED) is 0.469. The lowest BCUT2D eigenvalue weighted by Gasteiger charge is -2.07. The molecule has 3 rings (SSSR count). The molecule has 5 heteroatoms. The smallest absolute Gasteiger partial charge is 0.338 e. The minimum absolute atomic E-state index is 0.101. The van der Waals surface area contributed by atoms with Crippen molar-refractivity contribution in [1.82, 2.24) is 0 Å². The van der Waals surface area contributed by atoms with Crippen molar-refractivity contribution in [2.45, 2.75) is 13.3 Å². The number of rotatable bonds is 7. The summed E-state index contributed by atoms with van der Waals surface area (Å²) in [6, 6.07) is 23.4. The van der Waals surface area contributed by atoms with Crippen LogP contribution in [0.4, 0.5) is 5.69 Å². The van der Waals surface area contributed by atoms with Gasteiger partial charge in [-0.25, -0.2) is 4.79 Å². The summed E-state index contributed by atoms with van der Waals surface area (Å²) in [5.41, 5.74) is 3.46. The molecule has 0 radical (unpaired) electrons. The fraction of sp³-hybridized carbons (Fsp3) is 0.125. The van der Waals surface area contributed by atoms with E-state index in [1.807, 2.05) is 42.5 Å². The predicted octanol–water partition coefficient (Wildman–Crippen LogP) is 4.74. The normalized spacial score (nSPS) is 10.2. The summed E-state index contributed by atoms with van der Waals surface area (Å²) < 4.78 is 5.14. The predicted molar refractivity (Wildman–Crippen MR) is 112 cm³/mol. The van der Waals surface area contributed by atoms with Crippen LogP contribution in [-0.2, 0) is 9.53 Å². The molecule has 0 aliphatic heterocycles. The molecule has 0 unspecified atom stereocenters. The summed E-state index contributed by atoms with van der Waals surface area (Å²) in [4.78, 5) is 35.8. The first-order valence-corrected chi connectivity index (χ1v) is 9.32. The molecule has 0 aliphatic carbocycles. The molecule has 29 heavy (non-hydrogen) atoms. The molecule has 1 amide bonds. The van der Waals surface area contributed by atoms with Crippen LogP contribution in [-0.4, -0.2) is 24.3 Å². The second-order valence-corrected chi connectivity index (χ2v) is 6.42. The monoisotopic (exact) mass is 387 g/mol. The van der Waals surface area contributed by atoms with Gasteiger partial charge >= 0.3 is 5.97 Å². The van der Waals surface area contributed by atoms with Gasteiger partial charge in [-0.3, -0.25) is 9.59 Å². The fourth-order valence-electron chi connectivity index (χ4n) is 2.72. The van der Waals surface area contributed by atoms with E-state index in [1.54, 1.807) is 43.3 Å². The average molecular weight is 387 g/mol. The van der Waals surface area contributed by atoms with Crippen molar-refractivity contribution in [2.24, 2.45) is 0 Å². The zero-order valence-electron chi connectivity index (χ0n) is 16.1. The van der Waals surface area contributed by atoms with Crippen LogP contribution in [0.15, 0.2) is 78.9 Å². The van der Waals surface area contributed by atoms with Crippen LogP contribution in [0, 0.1) is 0 Å². The standard InChI is InChI=1S/C24H21NO4/c1-2-23(27)25-21-14-12-19(13-15-21)22(26)16-29-24(28)20-10-8-18(9-11-20)17-6-4-3-5-7-17/h3-15H,2,16H2,1H3,(H,25,27). The first-order valence-electron chi connectivity index (χ1n) is 9.32. The molecular formula is C24H21NO4. The van der Waals surface area contributed by atoms with E-state index in [4.69, 9.17) is 4.74 Å². The molecule has 3 aromatic rings. The second kappa shape index (κ2) is 9.46. The van der Waals surface area contributed by atoms with Gasteiger partial charge in [-0.2, -0.15) is 0 Å². The van der Waals surface area contributed by atoms with E-state index in [0.29, 0.717) is 23.2 Å². The summed E-state index contributed by atoms with van der Waals surface area (Å²) in [7, 11) is 0. The van der Waals surface area contributed by atoms with Gasteiger partial charge < -0.3 is 10.1 Å². The van der Waals surface area contributed by atoms with Gasteiger partial charge in [-0.15, -0.1) is 0 Å². The molecule has 0 atom stereocenters. The maximum absolute atomic E-state index is 12.2. The Hall–Kier alpha value is -3.73. The molecule has 0 bridgehead atoms. The van der Waals surface area contributed by atoms with E-state index < -0.39 is 5.97 Å². The van der Waals surface area contributed by atoms with E-state index in [1.165, 1.54) is 0 Å². The van der Waals surface area contributed by atoms with Gasteiger partial charge in [-0.05, 0) is 47.5 Å². The Bertz CT molecular complexity index is 993. The summed E-state index contributed by atoms with van der Waals surface area (Å²) >= 11 is 0. The molecule has 0 spiro atoms. The first kappa shape index (κ1) is 20.0. The number of carbonyl (C=O) groups is 3. The number of amides is 1. The average Bonchev–Trinajstić information content (AvgIpc) is 2.78. The van der Waals surface area contributed by atoms with Crippen molar-refractivity contribution in [1.29, 1.82) is 0 Å². The summed E-state index contributed by atoms with van der Waals surface area (Å²) in [6.07, 6.45) is 0.378. The number of anilines is 1.